The Bertz CT molecular complexity index is 410. The summed E-state index contributed by atoms with van der Waals surface area (Å²) in [5.41, 5.74) is 1.50. The van der Waals surface area contributed by atoms with Crippen molar-refractivity contribution in [1.82, 2.24) is 0 Å². The maximum absolute atomic E-state index is 8.35. The molecule has 0 unspecified atom stereocenters. The van der Waals surface area contributed by atoms with Crippen molar-refractivity contribution >= 4 is 12.2 Å². The summed E-state index contributed by atoms with van der Waals surface area (Å²) >= 11 is 0. The quantitative estimate of drug-likeness (QED) is 0.209. The highest BCUT2D eigenvalue weighted by Crippen LogP contribution is 2.12. The zero-order chi connectivity index (χ0) is 18.3. The molecule has 0 spiro atoms. The molecule has 1 aromatic carbocycles. The van der Waals surface area contributed by atoms with Crippen LogP contribution >= 0.6 is 0 Å². The van der Waals surface area contributed by atoms with Crippen LogP contribution in [-0.4, -0.2) is 12.2 Å². The lowest BCUT2D eigenvalue weighted by Gasteiger charge is -2.03. The summed E-state index contributed by atoms with van der Waals surface area (Å²) < 4.78 is 0. The second-order valence-electron chi connectivity index (χ2n) is 5.62. The minimum Gasteiger partial charge on any atom is -0.222 e. The SMILES string of the molecule is C.C.C.C.C.C.CCCCCCCCCCCCc1ccccc1.N=C=O.N=C=O. The molecule has 1 rings (SSSR count). The van der Waals surface area contributed by atoms with Gasteiger partial charge in [-0.2, -0.15) is 0 Å². The molecule has 0 aliphatic rings. The predicted octanol–water partition coefficient (Wildman–Crippen LogP) is 9.77. The van der Waals surface area contributed by atoms with Gasteiger partial charge in [0.1, 0.15) is 0 Å². The maximum atomic E-state index is 8.35. The topological polar surface area (TPSA) is 81.8 Å². The number of nitrogens with one attached hydrogen (secondary N) is 2. The highest BCUT2D eigenvalue weighted by molar-refractivity contribution is 5.26. The number of hydrogen-bond acceptors (Lipinski definition) is 4. The van der Waals surface area contributed by atoms with Crippen LogP contribution in [0.25, 0.3) is 0 Å². The van der Waals surface area contributed by atoms with Crippen LogP contribution in [0.3, 0.4) is 0 Å². The van der Waals surface area contributed by atoms with Crippen LogP contribution in [0, 0.1) is 10.8 Å². The van der Waals surface area contributed by atoms with Gasteiger partial charge in [-0.05, 0) is 18.4 Å². The third kappa shape index (κ3) is 50.1. The number of carbonyl (C=O) groups excluding carboxylic acids is 2. The first kappa shape index (κ1) is 51.0. The summed E-state index contributed by atoms with van der Waals surface area (Å²) in [6, 6.07) is 10.9. The number of benzene rings is 1. The summed E-state index contributed by atoms with van der Waals surface area (Å²) in [5, 5.41) is 10.8. The lowest BCUT2D eigenvalue weighted by Crippen LogP contribution is -1.86. The fourth-order valence-corrected chi connectivity index (χ4v) is 2.46. The van der Waals surface area contributed by atoms with Crippen LogP contribution in [0.2, 0.25) is 0 Å². The van der Waals surface area contributed by atoms with Crippen molar-refractivity contribution in [1.29, 1.82) is 10.8 Å². The molecule has 1 aromatic rings. The lowest BCUT2D eigenvalue weighted by atomic mass is 10.0. The minimum atomic E-state index is 0. The van der Waals surface area contributed by atoms with E-state index in [1.807, 2.05) is 0 Å². The molecule has 0 aliphatic heterocycles. The zero-order valence-electron chi connectivity index (χ0n) is 15.0. The van der Waals surface area contributed by atoms with Gasteiger partial charge in [-0.1, -0.05) is 140 Å². The molecule has 0 amide bonds. The normalized spacial score (nSPS) is 6.97. The van der Waals surface area contributed by atoms with E-state index in [4.69, 9.17) is 20.4 Å². The Morgan fingerprint density at radius 2 is 0.900 bits per heavy atom. The molecule has 0 bridgehead atoms. The Morgan fingerprint density at radius 1 is 0.600 bits per heavy atom. The average molecular weight is 429 g/mol. The fourth-order valence-electron chi connectivity index (χ4n) is 2.46. The van der Waals surface area contributed by atoms with E-state index in [1.54, 1.807) is 0 Å². The molecular weight excluding hydrogens is 372 g/mol. The Labute approximate surface area is 190 Å². The number of unbranched alkanes of at least 4 members (excludes halogenated alkanes) is 9. The zero-order valence-corrected chi connectivity index (χ0v) is 15.0. The highest BCUT2D eigenvalue weighted by atomic mass is 16.1. The largest absolute Gasteiger partial charge is 0.231 e. The second-order valence-corrected chi connectivity index (χ2v) is 5.62. The van der Waals surface area contributed by atoms with Gasteiger partial charge in [0.05, 0.1) is 0 Å². The number of rotatable bonds is 11. The molecule has 0 saturated carbocycles. The van der Waals surface area contributed by atoms with E-state index < -0.39 is 0 Å². The van der Waals surface area contributed by atoms with Gasteiger partial charge >= 0.3 is 0 Å². The molecule has 0 radical (unpaired) electrons. The van der Waals surface area contributed by atoms with Crippen LogP contribution < -0.4 is 0 Å². The fraction of sp³-hybridized carbons (Fsp3) is 0.692. The van der Waals surface area contributed by atoms with Crippen molar-refractivity contribution in [3.8, 4) is 0 Å². The van der Waals surface area contributed by atoms with Crippen molar-refractivity contribution in [2.75, 3.05) is 0 Å². The summed E-state index contributed by atoms with van der Waals surface area (Å²) in [6.07, 6.45) is 17.0. The van der Waals surface area contributed by atoms with Gasteiger partial charge in [-0.3, -0.25) is 0 Å². The molecule has 4 heteroatoms. The van der Waals surface area contributed by atoms with E-state index in [2.05, 4.69) is 37.3 Å². The first-order valence-corrected chi connectivity index (χ1v) is 8.88. The molecule has 30 heavy (non-hydrogen) atoms. The van der Waals surface area contributed by atoms with Crippen molar-refractivity contribution in [3.63, 3.8) is 0 Å². The van der Waals surface area contributed by atoms with Gasteiger partial charge in [0, 0.05) is 0 Å². The van der Waals surface area contributed by atoms with E-state index in [1.165, 1.54) is 76.2 Å². The van der Waals surface area contributed by atoms with Crippen molar-refractivity contribution < 1.29 is 9.59 Å². The number of isocyanates is 2. The average Bonchev–Trinajstić information content (AvgIpc) is 2.59. The standard InChI is InChI=1S/C18H30.2CHNO.6CH4/c1-2-3-4-5-6-7-8-9-10-12-15-18-16-13-11-14-17-18;2*2-1-3;;;;;;/h11,13-14,16-17H,2-10,12,15H2,1H3;2*2H;6*1H4. The molecule has 0 saturated heterocycles. The summed E-state index contributed by atoms with van der Waals surface area (Å²) in [6.45, 7) is 2.28. The van der Waals surface area contributed by atoms with Gasteiger partial charge < -0.3 is 0 Å². The summed E-state index contributed by atoms with van der Waals surface area (Å²) in [4.78, 5) is 16.7. The summed E-state index contributed by atoms with van der Waals surface area (Å²) in [5.74, 6) is 0. The first-order chi connectivity index (χ1) is 11.8. The third-order valence-corrected chi connectivity index (χ3v) is 3.66. The van der Waals surface area contributed by atoms with Gasteiger partial charge in [-0.15, -0.1) is 0 Å². The van der Waals surface area contributed by atoms with Crippen molar-refractivity contribution in [2.45, 2.75) is 122 Å². The Morgan fingerprint density at radius 3 is 1.23 bits per heavy atom. The summed E-state index contributed by atoms with van der Waals surface area (Å²) in [7, 11) is 0. The lowest BCUT2D eigenvalue weighted by molar-refractivity contribution is 0.556. The van der Waals surface area contributed by atoms with Crippen LogP contribution in [0.15, 0.2) is 30.3 Å². The van der Waals surface area contributed by atoms with Gasteiger partial charge in [0.25, 0.3) is 0 Å². The smallest absolute Gasteiger partial charge is 0.222 e. The van der Waals surface area contributed by atoms with Gasteiger partial charge in [0.15, 0.2) is 0 Å². The van der Waals surface area contributed by atoms with Gasteiger partial charge in [0.2, 0.25) is 12.2 Å². The Balaban J connectivity index is -0.0000000604. The molecule has 4 nitrogen and oxygen atoms in total. The van der Waals surface area contributed by atoms with Gasteiger partial charge in [-0.25, -0.2) is 20.4 Å². The van der Waals surface area contributed by atoms with E-state index in [0.717, 1.165) is 12.2 Å². The molecule has 2 N–H and O–H groups in total. The molecule has 0 aliphatic carbocycles. The van der Waals surface area contributed by atoms with Crippen LogP contribution in [0.4, 0.5) is 0 Å². The van der Waals surface area contributed by atoms with E-state index >= 15 is 0 Å². The number of hydrogen-bond donors (Lipinski definition) is 2. The molecule has 182 valence electrons. The first-order valence-electron chi connectivity index (χ1n) is 8.88. The molecular formula is C26H56N2O2. The van der Waals surface area contributed by atoms with E-state index in [-0.39, 0.29) is 44.6 Å². The van der Waals surface area contributed by atoms with E-state index in [0.29, 0.717) is 0 Å². The minimum absolute atomic E-state index is 0. The molecule has 0 aromatic heterocycles. The monoisotopic (exact) mass is 428 g/mol. The van der Waals surface area contributed by atoms with Crippen molar-refractivity contribution in [2.24, 2.45) is 0 Å². The number of aryl methyl sites for hydroxylation is 1. The Hall–Kier alpha value is -2.02. The van der Waals surface area contributed by atoms with E-state index in [9.17, 15) is 0 Å². The van der Waals surface area contributed by atoms with Crippen molar-refractivity contribution in [3.05, 3.63) is 35.9 Å². The molecule has 0 fully saturated rings. The molecule has 0 heterocycles. The van der Waals surface area contributed by atoms with Crippen LogP contribution in [-0.2, 0) is 16.0 Å². The third-order valence-electron chi connectivity index (χ3n) is 3.66. The Kier molecular flexibility index (Phi) is 86.0. The maximum Gasteiger partial charge on any atom is 0.231 e. The second kappa shape index (κ2) is 50.6. The van der Waals surface area contributed by atoms with Crippen LogP contribution in [0.1, 0.15) is 121 Å². The van der Waals surface area contributed by atoms with Crippen LogP contribution in [0.5, 0.6) is 0 Å². The molecule has 0 atom stereocenters. The predicted molar refractivity (Wildman–Crippen MR) is 139 cm³/mol. The highest BCUT2D eigenvalue weighted by Gasteiger charge is 1.94.